The van der Waals surface area contributed by atoms with Gasteiger partial charge in [-0.2, -0.15) is 0 Å². The van der Waals surface area contributed by atoms with Crippen molar-refractivity contribution >= 4 is 5.78 Å². The van der Waals surface area contributed by atoms with Crippen LogP contribution in [0.2, 0.25) is 0 Å². The Bertz CT molecular complexity index is 430. The lowest BCUT2D eigenvalue weighted by molar-refractivity contribution is 0.0932. The molecule has 1 aromatic heterocycles. The highest BCUT2D eigenvalue weighted by Crippen LogP contribution is 2.24. The first kappa shape index (κ1) is 14.3. The van der Waals surface area contributed by atoms with Gasteiger partial charge >= 0.3 is 0 Å². The molecule has 1 aromatic rings. The van der Waals surface area contributed by atoms with Crippen molar-refractivity contribution in [2.75, 3.05) is 20.1 Å². The van der Waals surface area contributed by atoms with Crippen LogP contribution in [0.3, 0.4) is 0 Å². The maximum atomic E-state index is 12.3. The molecule has 0 saturated heterocycles. The normalized spacial score (nSPS) is 17.1. The summed E-state index contributed by atoms with van der Waals surface area (Å²) in [5, 5.41) is 0. The van der Waals surface area contributed by atoms with E-state index < -0.39 is 0 Å². The zero-order chi connectivity index (χ0) is 13.8. The summed E-state index contributed by atoms with van der Waals surface area (Å²) in [6.45, 7) is 5.57. The smallest absolute Gasteiger partial charge is 0.178 e. The van der Waals surface area contributed by atoms with E-state index in [0.717, 1.165) is 29.4 Å². The first-order valence-electron chi connectivity index (χ1n) is 7.44. The van der Waals surface area contributed by atoms with Gasteiger partial charge in [0, 0.05) is 23.5 Å². The monoisotopic (exact) mass is 262 g/mol. The molecule has 0 atom stereocenters. The van der Waals surface area contributed by atoms with Crippen molar-refractivity contribution in [1.82, 2.24) is 9.88 Å². The second-order valence-corrected chi connectivity index (χ2v) is 6.11. The number of Topliss-reactive ketones (excluding diaryl/α,β-unsaturated/α-hetero) is 1. The summed E-state index contributed by atoms with van der Waals surface area (Å²) in [5.74, 6) is 1.03. The Hall–Kier alpha value is -1.09. The van der Waals surface area contributed by atoms with E-state index in [1.54, 1.807) is 0 Å². The second-order valence-electron chi connectivity index (χ2n) is 6.11. The SMILES string of the molecule is Cc1cc(C(=O)CN(C)CC2CCCCC2)c(C)[nH]1. The number of nitrogens with zero attached hydrogens (tertiary/aromatic N) is 1. The molecule has 0 aliphatic heterocycles. The van der Waals surface area contributed by atoms with E-state index in [1.165, 1.54) is 32.1 Å². The van der Waals surface area contributed by atoms with Crippen LogP contribution in [-0.4, -0.2) is 35.8 Å². The molecule has 1 aliphatic rings. The average molecular weight is 262 g/mol. The molecule has 1 N–H and O–H groups in total. The molecule has 0 spiro atoms. The van der Waals surface area contributed by atoms with Crippen LogP contribution in [0.1, 0.15) is 53.8 Å². The lowest BCUT2D eigenvalue weighted by Crippen LogP contribution is -2.31. The average Bonchev–Trinajstić information content (AvgIpc) is 2.69. The van der Waals surface area contributed by atoms with Crippen LogP contribution in [0.4, 0.5) is 0 Å². The first-order chi connectivity index (χ1) is 9.06. The van der Waals surface area contributed by atoms with Crippen molar-refractivity contribution in [3.63, 3.8) is 0 Å². The van der Waals surface area contributed by atoms with Crippen LogP contribution in [0, 0.1) is 19.8 Å². The minimum absolute atomic E-state index is 0.236. The standard InChI is InChI=1S/C16H26N2O/c1-12-9-15(13(2)17-12)16(19)11-18(3)10-14-7-5-4-6-8-14/h9,14,17H,4-8,10-11H2,1-3H3. The number of ketones is 1. The Morgan fingerprint density at radius 2 is 2.00 bits per heavy atom. The van der Waals surface area contributed by atoms with E-state index >= 15 is 0 Å². The summed E-state index contributed by atoms with van der Waals surface area (Å²) in [5.41, 5.74) is 2.91. The lowest BCUT2D eigenvalue weighted by Gasteiger charge is -2.26. The molecule has 0 amide bonds. The van der Waals surface area contributed by atoms with Gasteiger partial charge in [0.05, 0.1) is 6.54 Å². The minimum Gasteiger partial charge on any atom is -0.362 e. The van der Waals surface area contributed by atoms with E-state index in [4.69, 9.17) is 0 Å². The molecular formula is C16H26N2O. The van der Waals surface area contributed by atoms with Crippen molar-refractivity contribution in [3.8, 4) is 0 Å². The molecule has 1 aliphatic carbocycles. The van der Waals surface area contributed by atoms with Gasteiger partial charge in [0.25, 0.3) is 0 Å². The summed E-state index contributed by atoms with van der Waals surface area (Å²) >= 11 is 0. The zero-order valence-corrected chi connectivity index (χ0v) is 12.5. The number of nitrogens with one attached hydrogen (secondary N) is 1. The van der Waals surface area contributed by atoms with Gasteiger partial charge in [0.2, 0.25) is 0 Å². The van der Waals surface area contributed by atoms with E-state index in [2.05, 4.69) is 16.9 Å². The number of hydrogen-bond donors (Lipinski definition) is 1. The molecule has 2 rings (SSSR count). The van der Waals surface area contributed by atoms with E-state index in [1.807, 2.05) is 19.9 Å². The van der Waals surface area contributed by atoms with Gasteiger partial charge < -0.3 is 4.98 Å². The van der Waals surface area contributed by atoms with Crippen LogP contribution in [0.25, 0.3) is 0 Å². The summed E-state index contributed by atoms with van der Waals surface area (Å²) in [6.07, 6.45) is 6.79. The van der Waals surface area contributed by atoms with Crippen molar-refractivity contribution in [3.05, 3.63) is 23.0 Å². The number of aromatic nitrogens is 1. The molecule has 3 heteroatoms. The van der Waals surface area contributed by atoms with Gasteiger partial charge in [0.1, 0.15) is 0 Å². The number of aromatic amines is 1. The Morgan fingerprint density at radius 1 is 1.32 bits per heavy atom. The van der Waals surface area contributed by atoms with E-state index in [0.29, 0.717) is 6.54 Å². The maximum Gasteiger partial charge on any atom is 0.178 e. The van der Waals surface area contributed by atoms with Gasteiger partial charge in [-0.05, 0) is 45.7 Å². The van der Waals surface area contributed by atoms with Crippen molar-refractivity contribution < 1.29 is 4.79 Å². The van der Waals surface area contributed by atoms with Crippen LogP contribution >= 0.6 is 0 Å². The molecule has 0 radical (unpaired) electrons. The Labute approximate surface area is 116 Å². The van der Waals surface area contributed by atoms with Gasteiger partial charge in [-0.25, -0.2) is 0 Å². The number of H-pyrrole nitrogens is 1. The predicted octanol–water partition coefficient (Wildman–Crippen LogP) is 3.33. The molecule has 1 fully saturated rings. The predicted molar refractivity (Wildman–Crippen MR) is 78.7 cm³/mol. The third-order valence-corrected chi connectivity index (χ3v) is 4.16. The Morgan fingerprint density at radius 3 is 2.58 bits per heavy atom. The molecule has 0 aromatic carbocycles. The summed E-state index contributed by atoms with van der Waals surface area (Å²) in [7, 11) is 2.07. The number of rotatable bonds is 5. The molecule has 1 heterocycles. The van der Waals surface area contributed by atoms with Gasteiger partial charge in [0.15, 0.2) is 5.78 Å². The van der Waals surface area contributed by atoms with Gasteiger partial charge in [-0.15, -0.1) is 0 Å². The number of hydrogen-bond acceptors (Lipinski definition) is 2. The third-order valence-electron chi connectivity index (χ3n) is 4.16. The number of likely N-dealkylation sites (N-methyl/N-ethyl adjacent to an activating group) is 1. The van der Waals surface area contributed by atoms with E-state index in [-0.39, 0.29) is 5.78 Å². The molecule has 106 valence electrons. The Balaban J connectivity index is 1.86. The fourth-order valence-corrected chi connectivity index (χ4v) is 3.22. The van der Waals surface area contributed by atoms with Crippen molar-refractivity contribution in [2.45, 2.75) is 46.0 Å². The number of aryl methyl sites for hydroxylation is 2. The highest BCUT2D eigenvalue weighted by atomic mass is 16.1. The highest BCUT2D eigenvalue weighted by molar-refractivity contribution is 5.98. The largest absolute Gasteiger partial charge is 0.362 e. The number of carbonyl (C=O) groups excluding carboxylic acids is 1. The van der Waals surface area contributed by atoms with Gasteiger partial charge in [-0.3, -0.25) is 9.69 Å². The van der Waals surface area contributed by atoms with Crippen molar-refractivity contribution in [1.29, 1.82) is 0 Å². The maximum absolute atomic E-state index is 12.3. The Kier molecular flexibility index (Phi) is 4.81. The fourth-order valence-electron chi connectivity index (χ4n) is 3.22. The molecule has 3 nitrogen and oxygen atoms in total. The van der Waals surface area contributed by atoms with Crippen LogP contribution in [-0.2, 0) is 0 Å². The van der Waals surface area contributed by atoms with Crippen molar-refractivity contribution in [2.24, 2.45) is 5.92 Å². The second kappa shape index (κ2) is 6.38. The van der Waals surface area contributed by atoms with E-state index in [9.17, 15) is 4.79 Å². The van der Waals surface area contributed by atoms with Crippen LogP contribution < -0.4 is 0 Å². The summed E-state index contributed by atoms with van der Waals surface area (Å²) < 4.78 is 0. The molecule has 1 saturated carbocycles. The van der Waals surface area contributed by atoms with Crippen LogP contribution in [0.15, 0.2) is 6.07 Å². The molecule has 0 bridgehead atoms. The lowest BCUT2D eigenvalue weighted by atomic mass is 9.89. The molecular weight excluding hydrogens is 236 g/mol. The first-order valence-corrected chi connectivity index (χ1v) is 7.44. The quantitative estimate of drug-likeness (QED) is 0.826. The third kappa shape index (κ3) is 3.93. The van der Waals surface area contributed by atoms with Gasteiger partial charge in [-0.1, -0.05) is 19.3 Å². The highest BCUT2D eigenvalue weighted by Gasteiger charge is 2.18. The zero-order valence-electron chi connectivity index (χ0n) is 12.5. The topological polar surface area (TPSA) is 36.1 Å². The molecule has 0 unspecified atom stereocenters. The number of carbonyl (C=O) groups is 1. The summed E-state index contributed by atoms with van der Waals surface area (Å²) in [4.78, 5) is 17.7. The van der Waals surface area contributed by atoms with Crippen LogP contribution in [0.5, 0.6) is 0 Å². The summed E-state index contributed by atoms with van der Waals surface area (Å²) in [6, 6.07) is 1.96. The molecule has 19 heavy (non-hydrogen) atoms. The minimum atomic E-state index is 0.236. The fraction of sp³-hybridized carbons (Fsp3) is 0.688.